The largest absolute Gasteiger partial charge is 0.342 e. The van der Waals surface area contributed by atoms with Crippen molar-refractivity contribution < 1.29 is 9.59 Å². The highest BCUT2D eigenvalue weighted by molar-refractivity contribution is 5.82. The summed E-state index contributed by atoms with van der Waals surface area (Å²) < 4.78 is 2.05. The Labute approximate surface area is 172 Å². The molecule has 29 heavy (non-hydrogen) atoms. The van der Waals surface area contributed by atoms with Gasteiger partial charge >= 0.3 is 0 Å². The van der Waals surface area contributed by atoms with E-state index in [4.69, 9.17) is 0 Å². The van der Waals surface area contributed by atoms with E-state index < -0.39 is 0 Å². The average molecular weight is 397 g/mol. The number of hydrogen-bond acceptors (Lipinski definition) is 3. The molecule has 4 rings (SSSR count). The molecule has 0 radical (unpaired) electrons. The monoisotopic (exact) mass is 396 g/mol. The first kappa shape index (κ1) is 19.9. The molecule has 0 saturated carbocycles. The first-order chi connectivity index (χ1) is 14.2. The number of imidazole rings is 1. The summed E-state index contributed by atoms with van der Waals surface area (Å²) >= 11 is 0. The number of aryl methyl sites for hydroxylation is 1. The average Bonchev–Trinajstić information content (AvgIpc) is 2.92. The standard InChI is InChI=1S/C23H32N4O2/c1-2-21-24-19-9-5-6-10-20(19)27(21)17-22(28)25-15-11-18(12-16-25)23(29)26-13-7-3-4-8-14-26/h5-6,9-10,18H,2-4,7-8,11-17H2,1H3. The Balaban J connectivity index is 1.36. The van der Waals surface area contributed by atoms with Gasteiger partial charge < -0.3 is 14.4 Å². The van der Waals surface area contributed by atoms with Crippen molar-refractivity contribution in [1.29, 1.82) is 0 Å². The van der Waals surface area contributed by atoms with E-state index >= 15 is 0 Å². The van der Waals surface area contributed by atoms with Crippen LogP contribution in [0.1, 0.15) is 51.3 Å². The first-order valence-corrected chi connectivity index (χ1v) is 11.2. The van der Waals surface area contributed by atoms with Crippen LogP contribution < -0.4 is 0 Å². The minimum absolute atomic E-state index is 0.0810. The molecule has 3 heterocycles. The summed E-state index contributed by atoms with van der Waals surface area (Å²) in [6, 6.07) is 7.99. The molecule has 2 aliphatic rings. The molecule has 6 nitrogen and oxygen atoms in total. The maximum absolute atomic E-state index is 13.0. The highest BCUT2D eigenvalue weighted by atomic mass is 16.2. The number of aromatic nitrogens is 2. The van der Waals surface area contributed by atoms with E-state index in [0.29, 0.717) is 25.5 Å². The summed E-state index contributed by atoms with van der Waals surface area (Å²) in [5.41, 5.74) is 1.96. The lowest BCUT2D eigenvalue weighted by Crippen LogP contribution is -2.45. The minimum atomic E-state index is 0.0810. The molecule has 6 heteroatoms. The van der Waals surface area contributed by atoms with Gasteiger partial charge in [-0.25, -0.2) is 4.98 Å². The molecule has 156 valence electrons. The SMILES string of the molecule is CCc1nc2ccccc2n1CC(=O)N1CCC(C(=O)N2CCCCCC2)CC1. The van der Waals surface area contributed by atoms with Gasteiger partial charge in [0.1, 0.15) is 12.4 Å². The van der Waals surface area contributed by atoms with Crippen LogP contribution in [-0.4, -0.2) is 57.3 Å². The predicted octanol–water partition coefficient (Wildman–Crippen LogP) is 3.24. The van der Waals surface area contributed by atoms with Gasteiger partial charge in [-0.3, -0.25) is 9.59 Å². The van der Waals surface area contributed by atoms with Crippen LogP contribution in [-0.2, 0) is 22.6 Å². The number of rotatable bonds is 4. The van der Waals surface area contributed by atoms with Crippen molar-refractivity contribution in [3.05, 3.63) is 30.1 Å². The van der Waals surface area contributed by atoms with Gasteiger partial charge in [0, 0.05) is 38.5 Å². The molecular formula is C23H32N4O2. The summed E-state index contributed by atoms with van der Waals surface area (Å²) in [6.07, 6.45) is 7.09. The second kappa shape index (κ2) is 8.97. The topological polar surface area (TPSA) is 58.4 Å². The zero-order valence-corrected chi connectivity index (χ0v) is 17.5. The summed E-state index contributed by atoms with van der Waals surface area (Å²) in [5.74, 6) is 1.47. The molecule has 0 N–H and O–H groups in total. The molecule has 0 spiro atoms. The lowest BCUT2D eigenvalue weighted by atomic mass is 9.95. The molecule has 0 aliphatic carbocycles. The Bertz CT molecular complexity index is 859. The van der Waals surface area contributed by atoms with Crippen LogP contribution in [0, 0.1) is 5.92 Å². The van der Waals surface area contributed by atoms with Crippen molar-refractivity contribution in [3.8, 4) is 0 Å². The van der Waals surface area contributed by atoms with Gasteiger partial charge in [0.2, 0.25) is 11.8 Å². The van der Waals surface area contributed by atoms with Crippen molar-refractivity contribution in [2.45, 2.75) is 58.4 Å². The number of amides is 2. The number of likely N-dealkylation sites (tertiary alicyclic amines) is 2. The Morgan fingerprint density at radius 3 is 2.34 bits per heavy atom. The van der Waals surface area contributed by atoms with E-state index in [2.05, 4.69) is 16.8 Å². The lowest BCUT2D eigenvalue weighted by Gasteiger charge is -2.34. The molecule has 2 amide bonds. The van der Waals surface area contributed by atoms with Crippen LogP contribution >= 0.6 is 0 Å². The fourth-order valence-corrected chi connectivity index (χ4v) is 4.73. The van der Waals surface area contributed by atoms with Gasteiger partial charge in [-0.2, -0.15) is 0 Å². The molecule has 0 bridgehead atoms. The normalized spacial score (nSPS) is 18.8. The number of nitrogens with zero attached hydrogens (tertiary/aromatic N) is 4. The smallest absolute Gasteiger partial charge is 0.242 e. The highest BCUT2D eigenvalue weighted by Crippen LogP contribution is 2.23. The number of para-hydroxylation sites is 2. The fourth-order valence-electron chi connectivity index (χ4n) is 4.73. The molecular weight excluding hydrogens is 364 g/mol. The fraction of sp³-hybridized carbons (Fsp3) is 0.609. The van der Waals surface area contributed by atoms with Crippen molar-refractivity contribution in [2.24, 2.45) is 5.92 Å². The van der Waals surface area contributed by atoms with E-state index in [1.807, 2.05) is 33.7 Å². The Morgan fingerprint density at radius 2 is 1.66 bits per heavy atom. The van der Waals surface area contributed by atoms with Gasteiger partial charge in [0.25, 0.3) is 0 Å². The zero-order valence-electron chi connectivity index (χ0n) is 17.5. The van der Waals surface area contributed by atoms with Gasteiger partial charge in [-0.05, 0) is 37.8 Å². The summed E-state index contributed by atoms with van der Waals surface area (Å²) in [4.78, 5) is 34.5. The Kier molecular flexibility index (Phi) is 6.16. The Hall–Kier alpha value is -2.37. The number of carbonyl (C=O) groups is 2. The lowest BCUT2D eigenvalue weighted by molar-refractivity contribution is -0.141. The molecule has 1 aromatic heterocycles. The van der Waals surface area contributed by atoms with Crippen molar-refractivity contribution >= 4 is 22.8 Å². The first-order valence-electron chi connectivity index (χ1n) is 11.2. The van der Waals surface area contributed by atoms with Gasteiger partial charge in [0.15, 0.2) is 0 Å². The van der Waals surface area contributed by atoms with E-state index in [9.17, 15) is 9.59 Å². The van der Waals surface area contributed by atoms with Crippen LogP contribution in [0.5, 0.6) is 0 Å². The number of fused-ring (bicyclic) bond motifs is 1. The van der Waals surface area contributed by atoms with Crippen LogP contribution in [0.4, 0.5) is 0 Å². The minimum Gasteiger partial charge on any atom is -0.342 e. The van der Waals surface area contributed by atoms with Gasteiger partial charge in [-0.1, -0.05) is 31.9 Å². The highest BCUT2D eigenvalue weighted by Gasteiger charge is 2.30. The van der Waals surface area contributed by atoms with Crippen LogP contribution in [0.15, 0.2) is 24.3 Å². The third-order valence-corrected chi connectivity index (χ3v) is 6.46. The van der Waals surface area contributed by atoms with Crippen LogP contribution in [0.25, 0.3) is 11.0 Å². The number of piperidine rings is 1. The molecule has 2 aromatic rings. The second-order valence-corrected chi connectivity index (χ2v) is 8.35. The zero-order chi connectivity index (χ0) is 20.2. The molecule has 1 aromatic carbocycles. The molecule has 2 fully saturated rings. The quantitative estimate of drug-likeness (QED) is 0.797. The van der Waals surface area contributed by atoms with Crippen molar-refractivity contribution in [1.82, 2.24) is 19.4 Å². The van der Waals surface area contributed by atoms with E-state index in [0.717, 1.165) is 62.1 Å². The molecule has 2 saturated heterocycles. The van der Waals surface area contributed by atoms with Crippen LogP contribution in [0.2, 0.25) is 0 Å². The van der Waals surface area contributed by atoms with Crippen LogP contribution in [0.3, 0.4) is 0 Å². The van der Waals surface area contributed by atoms with Gasteiger partial charge in [0.05, 0.1) is 11.0 Å². The summed E-state index contributed by atoms with van der Waals surface area (Å²) in [7, 11) is 0. The third-order valence-electron chi connectivity index (χ3n) is 6.46. The third kappa shape index (κ3) is 4.31. The number of hydrogen-bond donors (Lipinski definition) is 0. The molecule has 2 aliphatic heterocycles. The molecule has 0 unspecified atom stereocenters. The predicted molar refractivity (Wildman–Crippen MR) is 113 cm³/mol. The van der Waals surface area contributed by atoms with E-state index in [-0.39, 0.29) is 11.8 Å². The maximum Gasteiger partial charge on any atom is 0.242 e. The van der Waals surface area contributed by atoms with E-state index in [1.54, 1.807) is 0 Å². The maximum atomic E-state index is 13.0. The molecule has 0 atom stereocenters. The van der Waals surface area contributed by atoms with E-state index in [1.165, 1.54) is 12.8 Å². The number of carbonyl (C=O) groups excluding carboxylic acids is 2. The van der Waals surface area contributed by atoms with Crippen molar-refractivity contribution in [2.75, 3.05) is 26.2 Å². The number of benzene rings is 1. The summed E-state index contributed by atoms with van der Waals surface area (Å²) in [6.45, 7) is 5.57. The summed E-state index contributed by atoms with van der Waals surface area (Å²) in [5, 5.41) is 0. The Morgan fingerprint density at radius 1 is 0.966 bits per heavy atom. The second-order valence-electron chi connectivity index (χ2n) is 8.35. The van der Waals surface area contributed by atoms with Crippen molar-refractivity contribution in [3.63, 3.8) is 0 Å². The van der Waals surface area contributed by atoms with Gasteiger partial charge in [-0.15, -0.1) is 0 Å².